The average molecular weight is 373 g/mol. The second-order valence-electron chi connectivity index (χ2n) is 6.23. The highest BCUT2D eigenvalue weighted by atomic mass is 16.5. The third-order valence-electron chi connectivity index (χ3n) is 4.06. The summed E-state index contributed by atoms with van der Waals surface area (Å²) in [5, 5.41) is 2.64. The summed E-state index contributed by atoms with van der Waals surface area (Å²) in [6.45, 7) is 1.52. The van der Waals surface area contributed by atoms with Crippen molar-refractivity contribution in [3.8, 4) is 0 Å². The minimum Gasteiger partial charge on any atom is -0.457 e. The Morgan fingerprint density at radius 2 is 1.32 bits per heavy atom. The van der Waals surface area contributed by atoms with E-state index in [2.05, 4.69) is 5.32 Å². The smallest absolute Gasteiger partial charge is 0.338 e. The summed E-state index contributed by atoms with van der Waals surface area (Å²) < 4.78 is 5.31. The van der Waals surface area contributed by atoms with E-state index in [4.69, 9.17) is 4.74 Å². The summed E-state index contributed by atoms with van der Waals surface area (Å²) in [7, 11) is 0. The molecule has 0 aromatic heterocycles. The van der Waals surface area contributed by atoms with Crippen LogP contribution in [0.3, 0.4) is 0 Å². The van der Waals surface area contributed by atoms with Gasteiger partial charge in [-0.15, -0.1) is 0 Å². The van der Waals surface area contributed by atoms with Crippen molar-refractivity contribution in [2.24, 2.45) is 0 Å². The number of ketones is 1. The van der Waals surface area contributed by atoms with Crippen LogP contribution in [0.4, 0.5) is 5.69 Å². The summed E-state index contributed by atoms with van der Waals surface area (Å²) >= 11 is 0. The maximum atomic E-state index is 12.4. The monoisotopic (exact) mass is 373 g/mol. The fraction of sp³-hybridized carbons (Fsp3) is 0.0870. The van der Waals surface area contributed by atoms with Gasteiger partial charge in [-0.3, -0.25) is 9.59 Å². The highest BCUT2D eigenvalue weighted by molar-refractivity contribution is 6.08. The molecule has 0 bridgehead atoms. The molecule has 1 amide bonds. The molecule has 0 heterocycles. The fourth-order valence-corrected chi connectivity index (χ4v) is 2.63. The second kappa shape index (κ2) is 8.77. The minimum absolute atomic E-state index is 0.0524. The van der Waals surface area contributed by atoms with Crippen LogP contribution in [-0.4, -0.2) is 17.7 Å². The van der Waals surface area contributed by atoms with Crippen molar-refractivity contribution in [3.05, 3.63) is 101 Å². The van der Waals surface area contributed by atoms with Crippen LogP contribution in [0.1, 0.15) is 38.8 Å². The molecular formula is C23H19NO4. The van der Waals surface area contributed by atoms with Gasteiger partial charge in [-0.05, 0) is 29.8 Å². The molecule has 0 fully saturated rings. The zero-order valence-corrected chi connectivity index (χ0v) is 15.3. The Morgan fingerprint density at radius 3 is 1.93 bits per heavy atom. The predicted molar refractivity (Wildman–Crippen MR) is 106 cm³/mol. The molecule has 0 saturated heterocycles. The van der Waals surface area contributed by atoms with Crippen molar-refractivity contribution < 1.29 is 19.1 Å². The number of carbonyl (C=O) groups excluding carboxylic acids is 3. The molecule has 0 aliphatic carbocycles. The van der Waals surface area contributed by atoms with E-state index < -0.39 is 5.97 Å². The van der Waals surface area contributed by atoms with Gasteiger partial charge >= 0.3 is 5.97 Å². The standard InChI is InChI=1S/C23H19NO4/c1-16(25)24-21-13-11-20(12-14-21)23(27)28-15-17-7-9-19(10-8-17)22(26)18-5-3-2-4-6-18/h2-14H,15H2,1H3,(H,24,25). The van der Waals surface area contributed by atoms with Crippen molar-refractivity contribution in [2.75, 3.05) is 5.32 Å². The van der Waals surface area contributed by atoms with Crippen LogP contribution in [0, 0.1) is 0 Å². The van der Waals surface area contributed by atoms with Crippen molar-refractivity contribution >= 4 is 23.3 Å². The molecule has 28 heavy (non-hydrogen) atoms. The van der Waals surface area contributed by atoms with Gasteiger partial charge in [0.05, 0.1) is 5.56 Å². The minimum atomic E-state index is -0.459. The molecule has 1 N–H and O–H groups in total. The van der Waals surface area contributed by atoms with Gasteiger partial charge in [0.1, 0.15) is 6.61 Å². The highest BCUT2D eigenvalue weighted by Crippen LogP contribution is 2.14. The lowest BCUT2D eigenvalue weighted by atomic mass is 10.0. The van der Waals surface area contributed by atoms with E-state index in [1.54, 1.807) is 60.7 Å². The Hall–Kier alpha value is -3.73. The number of hydrogen-bond donors (Lipinski definition) is 1. The van der Waals surface area contributed by atoms with Crippen molar-refractivity contribution in [1.29, 1.82) is 0 Å². The van der Waals surface area contributed by atoms with Gasteiger partial charge in [0.2, 0.25) is 5.91 Å². The van der Waals surface area contributed by atoms with E-state index >= 15 is 0 Å². The number of nitrogens with one attached hydrogen (secondary N) is 1. The Morgan fingerprint density at radius 1 is 0.750 bits per heavy atom. The van der Waals surface area contributed by atoms with Crippen LogP contribution in [-0.2, 0) is 16.1 Å². The van der Waals surface area contributed by atoms with Crippen molar-refractivity contribution in [1.82, 2.24) is 0 Å². The van der Waals surface area contributed by atoms with E-state index in [0.717, 1.165) is 5.56 Å². The first-order chi connectivity index (χ1) is 13.5. The second-order valence-corrected chi connectivity index (χ2v) is 6.23. The molecule has 0 saturated carbocycles. The van der Waals surface area contributed by atoms with Crippen LogP contribution in [0.5, 0.6) is 0 Å². The van der Waals surface area contributed by atoms with E-state index in [1.165, 1.54) is 6.92 Å². The lowest BCUT2D eigenvalue weighted by Crippen LogP contribution is -2.08. The molecule has 0 spiro atoms. The van der Waals surface area contributed by atoms with Crippen LogP contribution >= 0.6 is 0 Å². The van der Waals surface area contributed by atoms with Gasteiger partial charge in [0.25, 0.3) is 0 Å². The number of amides is 1. The maximum absolute atomic E-state index is 12.4. The molecule has 0 aliphatic rings. The largest absolute Gasteiger partial charge is 0.457 e. The zero-order valence-electron chi connectivity index (χ0n) is 15.3. The van der Waals surface area contributed by atoms with Gasteiger partial charge in [0.15, 0.2) is 5.78 Å². The third-order valence-corrected chi connectivity index (χ3v) is 4.06. The molecule has 0 unspecified atom stereocenters. The lowest BCUT2D eigenvalue weighted by Gasteiger charge is -2.07. The third kappa shape index (κ3) is 4.92. The van der Waals surface area contributed by atoms with E-state index in [9.17, 15) is 14.4 Å². The van der Waals surface area contributed by atoms with Gasteiger partial charge in [-0.25, -0.2) is 4.79 Å². The first-order valence-electron chi connectivity index (χ1n) is 8.76. The number of carbonyl (C=O) groups is 3. The molecule has 5 heteroatoms. The molecule has 140 valence electrons. The molecule has 0 aliphatic heterocycles. The van der Waals surface area contributed by atoms with Gasteiger partial charge in [-0.1, -0.05) is 54.6 Å². The summed E-state index contributed by atoms with van der Waals surface area (Å²) in [4.78, 5) is 35.6. The number of rotatable bonds is 6. The van der Waals surface area contributed by atoms with E-state index in [0.29, 0.717) is 22.4 Å². The molecule has 0 atom stereocenters. The Labute approximate surface area is 163 Å². The number of hydrogen-bond acceptors (Lipinski definition) is 4. The molecule has 3 aromatic rings. The van der Waals surface area contributed by atoms with Crippen LogP contribution in [0.2, 0.25) is 0 Å². The lowest BCUT2D eigenvalue weighted by molar-refractivity contribution is -0.114. The number of ether oxygens (including phenoxy) is 1. The summed E-state index contributed by atoms with van der Waals surface area (Å²) in [5.74, 6) is -0.688. The first-order valence-corrected chi connectivity index (χ1v) is 8.76. The topological polar surface area (TPSA) is 72.5 Å². The normalized spacial score (nSPS) is 10.2. The van der Waals surface area contributed by atoms with Crippen LogP contribution in [0.15, 0.2) is 78.9 Å². The summed E-state index contributed by atoms with van der Waals surface area (Å²) in [6, 6.07) is 22.5. The van der Waals surface area contributed by atoms with Gasteiger partial charge < -0.3 is 10.1 Å². The Bertz CT molecular complexity index is 977. The molecular weight excluding hydrogens is 354 g/mol. The first kappa shape index (κ1) is 19.0. The predicted octanol–water partition coefficient (Wildman–Crippen LogP) is 4.23. The van der Waals surface area contributed by atoms with Crippen LogP contribution in [0.25, 0.3) is 0 Å². The summed E-state index contributed by atoms with van der Waals surface area (Å²) in [6.07, 6.45) is 0. The van der Waals surface area contributed by atoms with Gasteiger partial charge in [0, 0.05) is 23.7 Å². The van der Waals surface area contributed by atoms with Gasteiger partial charge in [-0.2, -0.15) is 0 Å². The Kier molecular flexibility index (Phi) is 5.97. The van der Waals surface area contributed by atoms with Crippen LogP contribution < -0.4 is 5.32 Å². The quantitative estimate of drug-likeness (QED) is 0.518. The molecule has 3 rings (SSSR count). The van der Waals surface area contributed by atoms with Crippen molar-refractivity contribution in [2.45, 2.75) is 13.5 Å². The molecule has 5 nitrogen and oxygen atoms in total. The van der Waals surface area contributed by atoms with E-state index in [-0.39, 0.29) is 18.3 Å². The molecule has 3 aromatic carbocycles. The fourth-order valence-electron chi connectivity index (χ4n) is 2.63. The SMILES string of the molecule is CC(=O)Nc1ccc(C(=O)OCc2ccc(C(=O)c3ccccc3)cc2)cc1. The van der Waals surface area contributed by atoms with E-state index in [1.807, 2.05) is 18.2 Å². The van der Waals surface area contributed by atoms with Crippen molar-refractivity contribution in [3.63, 3.8) is 0 Å². The summed E-state index contributed by atoms with van der Waals surface area (Å²) in [5.41, 5.74) is 3.00. The number of anilines is 1. The number of benzene rings is 3. The highest BCUT2D eigenvalue weighted by Gasteiger charge is 2.10. The average Bonchev–Trinajstić information content (AvgIpc) is 2.72. The molecule has 0 radical (unpaired) electrons. The maximum Gasteiger partial charge on any atom is 0.338 e. The zero-order chi connectivity index (χ0) is 19.9. The Balaban J connectivity index is 1.58. The number of esters is 1.